The van der Waals surface area contributed by atoms with Gasteiger partial charge in [-0.15, -0.1) is 0 Å². The predicted molar refractivity (Wildman–Crippen MR) is 79.4 cm³/mol. The van der Waals surface area contributed by atoms with Gasteiger partial charge in [-0.1, -0.05) is 0 Å². The van der Waals surface area contributed by atoms with Crippen molar-refractivity contribution in [3.05, 3.63) is 52.8 Å². The number of carbonyl (C=O) groups excluding carboxylic acids is 1. The predicted octanol–water partition coefficient (Wildman–Crippen LogP) is 3.02. The lowest BCUT2D eigenvalue weighted by Crippen LogP contribution is -2.12. The van der Waals surface area contributed by atoms with E-state index >= 15 is 0 Å². The van der Waals surface area contributed by atoms with Crippen molar-refractivity contribution in [3.8, 4) is 0 Å². The summed E-state index contributed by atoms with van der Waals surface area (Å²) in [6.45, 7) is 0. The second-order valence-electron chi connectivity index (χ2n) is 3.78. The van der Waals surface area contributed by atoms with E-state index in [0.29, 0.717) is 11.3 Å². The van der Waals surface area contributed by atoms with Gasteiger partial charge in [0.15, 0.2) is 0 Å². The summed E-state index contributed by atoms with van der Waals surface area (Å²) in [4.78, 5) is 15.7. The molecule has 0 aliphatic carbocycles. The van der Waals surface area contributed by atoms with Crippen LogP contribution in [0.25, 0.3) is 0 Å². The van der Waals surface area contributed by atoms with Crippen molar-refractivity contribution in [1.29, 1.82) is 0 Å². The first-order valence-electron chi connectivity index (χ1n) is 5.33. The average Bonchev–Trinajstić information content (AvgIpc) is 2.38. The van der Waals surface area contributed by atoms with Gasteiger partial charge in [0.25, 0.3) is 15.0 Å². The molecular formula is C12H8BrClN2O3S. The van der Waals surface area contributed by atoms with Crippen molar-refractivity contribution in [2.75, 3.05) is 5.32 Å². The molecule has 0 radical (unpaired) electrons. The van der Waals surface area contributed by atoms with Gasteiger partial charge in [-0.05, 0) is 46.3 Å². The Bertz CT molecular complexity index is 751. The average molecular weight is 376 g/mol. The van der Waals surface area contributed by atoms with Crippen molar-refractivity contribution in [1.82, 2.24) is 4.98 Å². The number of amides is 1. The van der Waals surface area contributed by atoms with Crippen LogP contribution in [-0.2, 0) is 9.05 Å². The number of anilines is 1. The molecule has 1 N–H and O–H groups in total. The topological polar surface area (TPSA) is 76.1 Å². The molecule has 8 heteroatoms. The SMILES string of the molecule is O=C(Nc1ccc(S(=O)(=O)Cl)c(Br)c1)c1cccnc1. The Hall–Kier alpha value is -1.44. The maximum Gasteiger partial charge on any atom is 0.262 e. The molecule has 0 aliphatic heterocycles. The highest BCUT2D eigenvalue weighted by molar-refractivity contribution is 9.10. The Kier molecular flexibility index (Phi) is 4.42. The summed E-state index contributed by atoms with van der Waals surface area (Å²) >= 11 is 3.10. The van der Waals surface area contributed by atoms with E-state index in [1.807, 2.05) is 0 Å². The summed E-state index contributed by atoms with van der Waals surface area (Å²) in [6.07, 6.45) is 3.00. The number of halogens is 2. The second kappa shape index (κ2) is 5.90. The van der Waals surface area contributed by atoms with Crippen LogP contribution in [0, 0.1) is 0 Å². The Morgan fingerprint density at radius 3 is 2.60 bits per heavy atom. The molecule has 0 bridgehead atoms. The van der Waals surface area contributed by atoms with Crippen LogP contribution >= 0.6 is 26.6 Å². The molecule has 5 nitrogen and oxygen atoms in total. The van der Waals surface area contributed by atoms with Crippen molar-refractivity contribution >= 4 is 47.3 Å². The minimum Gasteiger partial charge on any atom is -0.322 e. The zero-order valence-electron chi connectivity index (χ0n) is 9.88. The summed E-state index contributed by atoms with van der Waals surface area (Å²) in [5.74, 6) is -0.341. The lowest BCUT2D eigenvalue weighted by Gasteiger charge is -2.07. The third-order valence-electron chi connectivity index (χ3n) is 2.38. The van der Waals surface area contributed by atoms with E-state index in [-0.39, 0.29) is 15.3 Å². The van der Waals surface area contributed by atoms with Gasteiger partial charge in [0.05, 0.1) is 10.5 Å². The number of aromatic nitrogens is 1. The summed E-state index contributed by atoms with van der Waals surface area (Å²) in [7, 11) is 1.44. The van der Waals surface area contributed by atoms with Crippen molar-refractivity contribution in [3.63, 3.8) is 0 Å². The van der Waals surface area contributed by atoms with Gasteiger partial charge >= 0.3 is 0 Å². The fraction of sp³-hybridized carbons (Fsp3) is 0. The van der Waals surface area contributed by atoms with Gasteiger partial charge < -0.3 is 5.32 Å². The third kappa shape index (κ3) is 3.56. The van der Waals surface area contributed by atoms with Gasteiger partial charge in [-0.2, -0.15) is 0 Å². The molecule has 1 aromatic heterocycles. The van der Waals surface area contributed by atoms with Crippen LogP contribution in [0.5, 0.6) is 0 Å². The van der Waals surface area contributed by atoms with Gasteiger partial charge in [0.1, 0.15) is 0 Å². The molecule has 0 atom stereocenters. The van der Waals surface area contributed by atoms with E-state index in [9.17, 15) is 13.2 Å². The van der Waals surface area contributed by atoms with Crippen molar-refractivity contribution < 1.29 is 13.2 Å². The third-order valence-corrected chi connectivity index (χ3v) is 4.67. The van der Waals surface area contributed by atoms with Gasteiger partial charge in [0.2, 0.25) is 0 Å². The van der Waals surface area contributed by atoms with E-state index in [1.54, 1.807) is 18.3 Å². The Morgan fingerprint density at radius 1 is 1.30 bits per heavy atom. The molecular weight excluding hydrogens is 368 g/mol. The molecule has 1 aromatic carbocycles. The molecule has 2 aromatic rings. The monoisotopic (exact) mass is 374 g/mol. The van der Waals surface area contributed by atoms with Crippen LogP contribution < -0.4 is 5.32 Å². The van der Waals surface area contributed by atoms with Crippen LogP contribution in [0.4, 0.5) is 5.69 Å². The first-order valence-corrected chi connectivity index (χ1v) is 8.44. The first kappa shape index (κ1) is 15.0. The standard InChI is InChI=1S/C12H8BrClN2O3S/c13-10-6-9(3-4-11(10)20(14,18)19)16-12(17)8-2-1-5-15-7-8/h1-7H,(H,16,17). The maximum atomic E-state index is 11.9. The largest absolute Gasteiger partial charge is 0.322 e. The molecule has 0 spiro atoms. The smallest absolute Gasteiger partial charge is 0.262 e. The van der Waals surface area contributed by atoms with Crippen molar-refractivity contribution in [2.24, 2.45) is 0 Å². The molecule has 0 fully saturated rings. The summed E-state index contributed by atoms with van der Waals surface area (Å²) in [5, 5.41) is 2.63. The van der Waals surface area contributed by atoms with E-state index in [4.69, 9.17) is 10.7 Å². The summed E-state index contributed by atoms with van der Waals surface area (Å²) < 4.78 is 22.8. The van der Waals surface area contributed by atoms with Crippen LogP contribution in [-0.4, -0.2) is 19.3 Å². The van der Waals surface area contributed by atoms with Gasteiger partial charge in [-0.3, -0.25) is 9.78 Å². The molecule has 0 aliphatic rings. The summed E-state index contributed by atoms with van der Waals surface area (Å²) in [5.41, 5.74) is 0.840. The fourth-order valence-electron chi connectivity index (χ4n) is 1.48. The fourth-order valence-corrected chi connectivity index (χ4v) is 3.70. The zero-order chi connectivity index (χ0) is 14.8. The molecule has 0 saturated heterocycles. The molecule has 1 amide bonds. The van der Waals surface area contributed by atoms with Crippen LogP contribution in [0.2, 0.25) is 0 Å². The van der Waals surface area contributed by atoms with Crippen LogP contribution in [0.15, 0.2) is 52.1 Å². The number of pyridine rings is 1. The molecule has 0 saturated carbocycles. The molecule has 104 valence electrons. The van der Waals surface area contributed by atoms with Gasteiger partial charge in [0, 0.05) is 33.2 Å². The molecule has 1 heterocycles. The zero-order valence-corrected chi connectivity index (χ0v) is 13.0. The number of hydrogen-bond acceptors (Lipinski definition) is 4. The second-order valence-corrected chi connectivity index (χ2v) is 7.17. The minimum absolute atomic E-state index is 0.0569. The van der Waals surface area contributed by atoms with E-state index in [2.05, 4.69) is 26.2 Å². The van der Waals surface area contributed by atoms with Crippen LogP contribution in [0.3, 0.4) is 0 Å². The number of hydrogen-bond donors (Lipinski definition) is 1. The lowest BCUT2D eigenvalue weighted by molar-refractivity contribution is 0.102. The normalized spacial score (nSPS) is 11.1. The molecule has 2 rings (SSSR count). The Morgan fingerprint density at radius 2 is 2.05 bits per heavy atom. The van der Waals surface area contributed by atoms with E-state index < -0.39 is 9.05 Å². The quantitative estimate of drug-likeness (QED) is 0.837. The lowest BCUT2D eigenvalue weighted by atomic mass is 10.2. The Balaban J connectivity index is 2.24. The summed E-state index contributed by atoms with van der Waals surface area (Å²) in [6, 6.07) is 7.49. The molecule has 20 heavy (non-hydrogen) atoms. The van der Waals surface area contributed by atoms with E-state index in [0.717, 1.165) is 0 Å². The van der Waals surface area contributed by atoms with E-state index in [1.165, 1.54) is 24.4 Å². The first-order chi connectivity index (χ1) is 9.38. The highest BCUT2D eigenvalue weighted by Gasteiger charge is 2.15. The number of rotatable bonds is 3. The molecule has 0 unspecified atom stereocenters. The number of benzene rings is 1. The highest BCUT2D eigenvalue weighted by Crippen LogP contribution is 2.28. The van der Waals surface area contributed by atoms with Gasteiger partial charge in [-0.25, -0.2) is 8.42 Å². The van der Waals surface area contributed by atoms with Crippen molar-refractivity contribution in [2.45, 2.75) is 4.90 Å². The van der Waals surface area contributed by atoms with Crippen LogP contribution in [0.1, 0.15) is 10.4 Å². The number of nitrogens with one attached hydrogen (secondary N) is 1. The Labute approximate surface area is 128 Å². The minimum atomic E-state index is -3.83. The number of carbonyl (C=O) groups is 1. The maximum absolute atomic E-state index is 11.9. The highest BCUT2D eigenvalue weighted by atomic mass is 79.9. The number of nitrogens with zero attached hydrogens (tertiary/aromatic N) is 1.